The monoisotopic (exact) mass is 342 g/mol. The molecule has 25 heavy (non-hydrogen) atoms. The van der Waals surface area contributed by atoms with Crippen molar-refractivity contribution in [2.45, 2.75) is 70.4 Å². The zero-order valence-electron chi connectivity index (χ0n) is 15.2. The second kappa shape index (κ2) is 8.50. The molecule has 136 valence electrons. The molecule has 1 heterocycles. The minimum absolute atomic E-state index is 0.0599. The van der Waals surface area contributed by atoms with E-state index in [1.54, 1.807) is 0 Å². The van der Waals surface area contributed by atoms with E-state index >= 15 is 0 Å². The Balaban J connectivity index is 1.57. The minimum Gasteiger partial charge on any atom is -0.352 e. The van der Waals surface area contributed by atoms with Gasteiger partial charge in [-0.25, -0.2) is 0 Å². The third-order valence-corrected chi connectivity index (χ3v) is 5.60. The average molecular weight is 342 g/mol. The van der Waals surface area contributed by atoms with E-state index in [4.69, 9.17) is 0 Å². The first-order chi connectivity index (χ1) is 12.1. The predicted molar refractivity (Wildman–Crippen MR) is 99.1 cm³/mol. The highest BCUT2D eigenvalue weighted by Gasteiger charge is 2.36. The fourth-order valence-corrected chi connectivity index (χ4v) is 4.19. The molecule has 1 aromatic carbocycles. The van der Waals surface area contributed by atoms with Crippen LogP contribution in [-0.4, -0.2) is 35.3 Å². The van der Waals surface area contributed by atoms with Crippen LogP contribution in [0.25, 0.3) is 0 Å². The van der Waals surface area contributed by atoms with Crippen LogP contribution in [0.2, 0.25) is 0 Å². The smallest absolute Gasteiger partial charge is 0.243 e. The molecular weight excluding hydrogens is 312 g/mol. The second-order valence-electron chi connectivity index (χ2n) is 7.62. The highest BCUT2D eigenvalue weighted by Crippen LogP contribution is 2.23. The first kappa shape index (κ1) is 18.0. The van der Waals surface area contributed by atoms with Crippen molar-refractivity contribution in [3.63, 3.8) is 0 Å². The standard InChI is InChI=1S/C21H30N2O2/c1-16(15-17-9-4-2-5-10-17)21(25)23-14-8-13-19(23)20(24)22-18-11-6-3-7-12-18/h2,4-5,9-10,16,18-19H,3,6-8,11-15H2,1H3,(H,22,24)/t16?,19-/m1/s1. The van der Waals surface area contributed by atoms with Crippen molar-refractivity contribution in [3.05, 3.63) is 35.9 Å². The van der Waals surface area contributed by atoms with Gasteiger partial charge >= 0.3 is 0 Å². The van der Waals surface area contributed by atoms with Gasteiger partial charge in [-0.2, -0.15) is 0 Å². The van der Waals surface area contributed by atoms with Crippen LogP contribution in [0, 0.1) is 5.92 Å². The number of likely N-dealkylation sites (tertiary alicyclic amines) is 1. The summed E-state index contributed by atoms with van der Waals surface area (Å²) in [5.41, 5.74) is 1.17. The number of carbonyl (C=O) groups is 2. The molecule has 4 heteroatoms. The molecule has 1 aliphatic heterocycles. The first-order valence-electron chi connectivity index (χ1n) is 9.80. The van der Waals surface area contributed by atoms with Crippen LogP contribution in [0.3, 0.4) is 0 Å². The lowest BCUT2D eigenvalue weighted by atomic mass is 9.95. The molecule has 1 saturated carbocycles. The number of nitrogens with one attached hydrogen (secondary N) is 1. The maximum Gasteiger partial charge on any atom is 0.243 e. The Hall–Kier alpha value is -1.84. The quantitative estimate of drug-likeness (QED) is 0.892. The maximum atomic E-state index is 12.9. The molecule has 2 fully saturated rings. The Morgan fingerprint density at radius 1 is 1.08 bits per heavy atom. The summed E-state index contributed by atoms with van der Waals surface area (Å²) in [4.78, 5) is 27.4. The van der Waals surface area contributed by atoms with Crippen molar-refractivity contribution in [1.29, 1.82) is 0 Å². The Bertz CT molecular complexity index is 581. The van der Waals surface area contributed by atoms with Gasteiger partial charge in [0.2, 0.25) is 11.8 Å². The molecule has 4 nitrogen and oxygen atoms in total. The summed E-state index contributed by atoms with van der Waals surface area (Å²) in [6.45, 7) is 2.68. The summed E-state index contributed by atoms with van der Waals surface area (Å²) in [6, 6.07) is 10.1. The summed E-state index contributed by atoms with van der Waals surface area (Å²) >= 11 is 0. The third kappa shape index (κ3) is 4.62. The molecular formula is C21H30N2O2. The fourth-order valence-electron chi connectivity index (χ4n) is 4.19. The van der Waals surface area contributed by atoms with E-state index in [-0.39, 0.29) is 23.8 Å². The number of carbonyl (C=O) groups excluding carboxylic acids is 2. The van der Waals surface area contributed by atoms with Gasteiger partial charge in [-0.1, -0.05) is 56.5 Å². The molecule has 0 radical (unpaired) electrons. The van der Waals surface area contributed by atoms with Gasteiger partial charge in [0.25, 0.3) is 0 Å². The lowest BCUT2D eigenvalue weighted by molar-refractivity contribution is -0.141. The summed E-state index contributed by atoms with van der Waals surface area (Å²) in [5, 5.41) is 3.20. The Kier molecular flexibility index (Phi) is 6.11. The normalized spacial score (nSPS) is 22.6. The summed E-state index contributed by atoms with van der Waals surface area (Å²) in [5.74, 6) is 0.0836. The lowest BCUT2D eigenvalue weighted by Crippen LogP contribution is -2.50. The van der Waals surface area contributed by atoms with Crippen LogP contribution >= 0.6 is 0 Å². The molecule has 1 saturated heterocycles. The predicted octanol–water partition coefficient (Wildman–Crippen LogP) is 3.31. The molecule has 0 spiro atoms. The molecule has 2 aliphatic rings. The summed E-state index contributed by atoms with van der Waals surface area (Å²) in [6.07, 6.45) is 8.28. The van der Waals surface area contributed by atoms with Gasteiger partial charge in [-0.3, -0.25) is 9.59 Å². The van der Waals surface area contributed by atoms with Crippen molar-refractivity contribution in [2.24, 2.45) is 5.92 Å². The molecule has 1 N–H and O–H groups in total. The van der Waals surface area contributed by atoms with Gasteiger partial charge in [0.1, 0.15) is 6.04 Å². The number of nitrogens with zero attached hydrogens (tertiary/aromatic N) is 1. The largest absolute Gasteiger partial charge is 0.352 e. The average Bonchev–Trinajstić information content (AvgIpc) is 3.12. The van der Waals surface area contributed by atoms with Gasteiger partial charge in [0.15, 0.2) is 0 Å². The van der Waals surface area contributed by atoms with Crippen molar-refractivity contribution in [1.82, 2.24) is 10.2 Å². The van der Waals surface area contributed by atoms with E-state index in [0.717, 1.165) is 32.1 Å². The summed E-state index contributed by atoms with van der Waals surface area (Å²) < 4.78 is 0. The van der Waals surface area contributed by atoms with Gasteiger partial charge < -0.3 is 10.2 Å². The van der Waals surface area contributed by atoms with Crippen molar-refractivity contribution >= 4 is 11.8 Å². The van der Waals surface area contributed by atoms with Crippen LogP contribution in [0.5, 0.6) is 0 Å². The minimum atomic E-state index is -0.271. The maximum absolute atomic E-state index is 12.9. The number of hydrogen-bond acceptors (Lipinski definition) is 2. The van der Waals surface area contributed by atoms with E-state index in [1.165, 1.54) is 24.8 Å². The molecule has 1 aliphatic carbocycles. The Morgan fingerprint density at radius 2 is 1.80 bits per heavy atom. The molecule has 0 bridgehead atoms. The van der Waals surface area contributed by atoms with E-state index < -0.39 is 0 Å². The van der Waals surface area contributed by atoms with Gasteiger partial charge in [-0.05, 0) is 37.7 Å². The number of rotatable bonds is 5. The highest BCUT2D eigenvalue weighted by atomic mass is 16.2. The Morgan fingerprint density at radius 3 is 2.52 bits per heavy atom. The van der Waals surface area contributed by atoms with Crippen LogP contribution in [0.1, 0.15) is 57.4 Å². The third-order valence-electron chi connectivity index (χ3n) is 5.60. The molecule has 2 atom stereocenters. The number of hydrogen-bond donors (Lipinski definition) is 1. The van der Waals surface area contributed by atoms with Gasteiger partial charge in [0.05, 0.1) is 0 Å². The molecule has 2 amide bonds. The highest BCUT2D eigenvalue weighted by molar-refractivity contribution is 5.89. The van der Waals surface area contributed by atoms with Crippen LogP contribution in [0.15, 0.2) is 30.3 Å². The summed E-state index contributed by atoms with van der Waals surface area (Å²) in [7, 11) is 0. The fraction of sp³-hybridized carbons (Fsp3) is 0.619. The topological polar surface area (TPSA) is 49.4 Å². The molecule has 1 aromatic rings. The number of benzene rings is 1. The van der Waals surface area contributed by atoms with Crippen LogP contribution < -0.4 is 5.32 Å². The van der Waals surface area contributed by atoms with Gasteiger partial charge in [0, 0.05) is 18.5 Å². The first-order valence-corrected chi connectivity index (χ1v) is 9.80. The van der Waals surface area contributed by atoms with E-state index in [0.29, 0.717) is 12.6 Å². The van der Waals surface area contributed by atoms with Crippen molar-refractivity contribution in [2.75, 3.05) is 6.54 Å². The SMILES string of the molecule is CC(Cc1ccccc1)C(=O)N1CCC[C@@H]1C(=O)NC1CCCCC1. The second-order valence-corrected chi connectivity index (χ2v) is 7.62. The van der Waals surface area contributed by atoms with Crippen molar-refractivity contribution in [3.8, 4) is 0 Å². The lowest BCUT2D eigenvalue weighted by Gasteiger charge is -2.29. The van der Waals surface area contributed by atoms with E-state index in [2.05, 4.69) is 17.4 Å². The van der Waals surface area contributed by atoms with E-state index in [1.807, 2.05) is 30.0 Å². The van der Waals surface area contributed by atoms with Crippen molar-refractivity contribution < 1.29 is 9.59 Å². The van der Waals surface area contributed by atoms with Crippen LogP contribution in [0.4, 0.5) is 0 Å². The Labute approximate surface area is 151 Å². The molecule has 1 unspecified atom stereocenters. The van der Waals surface area contributed by atoms with Gasteiger partial charge in [-0.15, -0.1) is 0 Å². The molecule has 3 rings (SSSR count). The molecule has 0 aromatic heterocycles. The van der Waals surface area contributed by atoms with Crippen LogP contribution in [-0.2, 0) is 16.0 Å². The zero-order chi connectivity index (χ0) is 17.6. The number of amides is 2. The van der Waals surface area contributed by atoms with E-state index in [9.17, 15) is 9.59 Å². The zero-order valence-corrected chi connectivity index (χ0v) is 15.2.